The van der Waals surface area contributed by atoms with Crippen LogP contribution < -0.4 is 11.1 Å². The third kappa shape index (κ3) is 5.11. The summed E-state index contributed by atoms with van der Waals surface area (Å²) >= 11 is 0. The fourth-order valence-corrected chi connectivity index (χ4v) is 1.23. The Labute approximate surface area is 96.4 Å². The lowest BCUT2D eigenvalue weighted by molar-refractivity contribution is -0.142. The summed E-state index contributed by atoms with van der Waals surface area (Å²) in [5.41, 5.74) is 5.67. The van der Waals surface area contributed by atoms with Gasteiger partial charge in [0.05, 0.1) is 12.0 Å². The first-order chi connectivity index (χ1) is 7.40. The molecule has 0 aromatic heterocycles. The molecule has 4 N–H and O–H groups in total. The molecule has 0 aliphatic rings. The number of carbonyl (C=O) groups excluding carboxylic acids is 1. The largest absolute Gasteiger partial charge is 0.481 e. The minimum Gasteiger partial charge on any atom is -0.481 e. The van der Waals surface area contributed by atoms with E-state index in [4.69, 9.17) is 10.8 Å². The van der Waals surface area contributed by atoms with Crippen molar-refractivity contribution in [3.8, 4) is 0 Å². The van der Waals surface area contributed by atoms with Gasteiger partial charge in [0, 0.05) is 6.04 Å². The first-order valence-electron chi connectivity index (χ1n) is 5.68. The summed E-state index contributed by atoms with van der Waals surface area (Å²) in [5.74, 6) is -1.80. The molecule has 94 valence electrons. The van der Waals surface area contributed by atoms with Gasteiger partial charge in [-0.25, -0.2) is 0 Å². The molecule has 1 amide bonds. The smallest absolute Gasteiger partial charge is 0.308 e. The fourth-order valence-electron chi connectivity index (χ4n) is 1.23. The van der Waals surface area contributed by atoms with Crippen LogP contribution in [0.2, 0.25) is 0 Å². The second-order valence-corrected chi connectivity index (χ2v) is 4.17. The summed E-state index contributed by atoms with van der Waals surface area (Å²) in [4.78, 5) is 22.2. The molecule has 0 aromatic carbocycles. The number of rotatable bonds is 7. The van der Waals surface area contributed by atoms with Crippen molar-refractivity contribution in [3.05, 3.63) is 0 Å². The van der Waals surface area contributed by atoms with Gasteiger partial charge in [0.1, 0.15) is 0 Å². The topological polar surface area (TPSA) is 92.4 Å². The van der Waals surface area contributed by atoms with Gasteiger partial charge < -0.3 is 16.2 Å². The van der Waals surface area contributed by atoms with E-state index < -0.39 is 24.0 Å². The van der Waals surface area contributed by atoms with E-state index in [2.05, 4.69) is 5.32 Å². The van der Waals surface area contributed by atoms with Crippen LogP contribution in [0.3, 0.4) is 0 Å². The molecule has 3 atom stereocenters. The maximum Gasteiger partial charge on any atom is 0.308 e. The molecule has 0 aromatic rings. The summed E-state index contributed by atoms with van der Waals surface area (Å²) < 4.78 is 0. The summed E-state index contributed by atoms with van der Waals surface area (Å²) in [6.07, 6.45) is 2.52. The minimum absolute atomic E-state index is 0.269. The SMILES string of the molecule is CCCC[C@H](N)C(=O)NC(C)C(C)C(=O)O. The Morgan fingerprint density at radius 3 is 2.38 bits per heavy atom. The molecule has 0 saturated carbocycles. The monoisotopic (exact) mass is 230 g/mol. The van der Waals surface area contributed by atoms with E-state index in [0.29, 0.717) is 6.42 Å². The molecule has 0 aliphatic carbocycles. The Morgan fingerprint density at radius 2 is 1.94 bits per heavy atom. The van der Waals surface area contributed by atoms with Crippen LogP contribution in [0.5, 0.6) is 0 Å². The van der Waals surface area contributed by atoms with E-state index in [0.717, 1.165) is 12.8 Å². The van der Waals surface area contributed by atoms with Crippen molar-refractivity contribution in [1.82, 2.24) is 5.32 Å². The van der Waals surface area contributed by atoms with Crippen LogP contribution in [-0.4, -0.2) is 29.1 Å². The summed E-state index contributed by atoms with van der Waals surface area (Å²) in [6, 6.07) is -0.943. The first kappa shape index (κ1) is 14.9. The molecule has 2 unspecified atom stereocenters. The van der Waals surface area contributed by atoms with Gasteiger partial charge in [-0.15, -0.1) is 0 Å². The van der Waals surface area contributed by atoms with Gasteiger partial charge in [-0.05, 0) is 20.3 Å². The highest BCUT2D eigenvalue weighted by atomic mass is 16.4. The Morgan fingerprint density at radius 1 is 1.38 bits per heavy atom. The molecule has 0 bridgehead atoms. The van der Waals surface area contributed by atoms with Crippen LogP contribution in [0.1, 0.15) is 40.0 Å². The first-order valence-corrected chi connectivity index (χ1v) is 5.68. The number of hydrogen-bond donors (Lipinski definition) is 3. The third-order valence-electron chi connectivity index (χ3n) is 2.71. The Hall–Kier alpha value is -1.10. The second kappa shape index (κ2) is 7.22. The van der Waals surface area contributed by atoms with Crippen LogP contribution in [0.25, 0.3) is 0 Å². The van der Waals surface area contributed by atoms with Crippen molar-refractivity contribution >= 4 is 11.9 Å². The molecular formula is C11H22N2O3. The Balaban J connectivity index is 4.07. The second-order valence-electron chi connectivity index (χ2n) is 4.17. The van der Waals surface area contributed by atoms with Gasteiger partial charge in [-0.3, -0.25) is 9.59 Å². The molecule has 0 heterocycles. The highest BCUT2D eigenvalue weighted by molar-refractivity contribution is 5.82. The van der Waals surface area contributed by atoms with Crippen molar-refractivity contribution in [2.24, 2.45) is 11.7 Å². The zero-order chi connectivity index (χ0) is 12.7. The van der Waals surface area contributed by atoms with Gasteiger partial charge in [0.2, 0.25) is 5.91 Å². The third-order valence-corrected chi connectivity index (χ3v) is 2.71. The minimum atomic E-state index is -0.921. The van der Waals surface area contributed by atoms with E-state index in [-0.39, 0.29) is 5.91 Å². The number of nitrogens with two attached hydrogens (primary N) is 1. The molecule has 5 heteroatoms. The predicted molar refractivity (Wildman–Crippen MR) is 61.9 cm³/mol. The molecule has 0 fully saturated rings. The van der Waals surface area contributed by atoms with Crippen molar-refractivity contribution in [2.75, 3.05) is 0 Å². The number of hydrogen-bond acceptors (Lipinski definition) is 3. The molecule has 0 spiro atoms. The number of nitrogens with one attached hydrogen (secondary N) is 1. The molecule has 0 aliphatic heterocycles. The van der Waals surface area contributed by atoms with E-state index in [1.807, 2.05) is 6.92 Å². The normalized spacial score (nSPS) is 16.2. The molecule has 0 saturated heterocycles. The average Bonchev–Trinajstić information content (AvgIpc) is 2.24. The zero-order valence-corrected chi connectivity index (χ0v) is 10.2. The maximum atomic E-state index is 11.6. The molecule has 0 radical (unpaired) electrons. The van der Waals surface area contributed by atoms with E-state index >= 15 is 0 Å². The van der Waals surface area contributed by atoms with E-state index in [1.54, 1.807) is 13.8 Å². The Bertz CT molecular complexity index is 243. The van der Waals surface area contributed by atoms with Crippen LogP contribution >= 0.6 is 0 Å². The molecule has 5 nitrogen and oxygen atoms in total. The highest BCUT2D eigenvalue weighted by Gasteiger charge is 2.23. The van der Waals surface area contributed by atoms with Crippen LogP contribution in [0, 0.1) is 5.92 Å². The average molecular weight is 230 g/mol. The van der Waals surface area contributed by atoms with Gasteiger partial charge in [0.25, 0.3) is 0 Å². The quantitative estimate of drug-likeness (QED) is 0.601. The van der Waals surface area contributed by atoms with Gasteiger partial charge in [-0.1, -0.05) is 19.8 Å². The number of amides is 1. The van der Waals surface area contributed by atoms with Gasteiger partial charge in [-0.2, -0.15) is 0 Å². The van der Waals surface area contributed by atoms with E-state index in [9.17, 15) is 9.59 Å². The number of carboxylic acid groups (broad SMARTS) is 1. The molecule has 0 rings (SSSR count). The van der Waals surface area contributed by atoms with E-state index in [1.165, 1.54) is 0 Å². The lowest BCUT2D eigenvalue weighted by Crippen LogP contribution is -2.47. The fraction of sp³-hybridized carbons (Fsp3) is 0.818. The lowest BCUT2D eigenvalue weighted by atomic mass is 10.0. The maximum absolute atomic E-state index is 11.6. The van der Waals surface area contributed by atoms with Gasteiger partial charge >= 0.3 is 5.97 Å². The summed E-state index contributed by atoms with van der Waals surface area (Å²) in [6.45, 7) is 5.26. The molecule has 16 heavy (non-hydrogen) atoms. The standard InChI is InChI=1S/C11H22N2O3/c1-4-5-6-9(12)10(14)13-8(3)7(2)11(15)16/h7-9H,4-6,12H2,1-3H3,(H,13,14)(H,15,16)/t7?,8?,9-/m0/s1. The van der Waals surface area contributed by atoms with Crippen LogP contribution in [-0.2, 0) is 9.59 Å². The summed E-state index contributed by atoms with van der Waals surface area (Å²) in [5, 5.41) is 11.4. The van der Waals surface area contributed by atoms with Crippen molar-refractivity contribution in [3.63, 3.8) is 0 Å². The molecular weight excluding hydrogens is 208 g/mol. The number of carbonyl (C=O) groups is 2. The number of aliphatic carboxylic acids is 1. The summed E-state index contributed by atoms with van der Waals surface area (Å²) in [7, 11) is 0. The lowest BCUT2D eigenvalue weighted by Gasteiger charge is -2.20. The highest BCUT2D eigenvalue weighted by Crippen LogP contribution is 2.04. The van der Waals surface area contributed by atoms with Crippen molar-refractivity contribution < 1.29 is 14.7 Å². The van der Waals surface area contributed by atoms with Crippen LogP contribution in [0.15, 0.2) is 0 Å². The van der Waals surface area contributed by atoms with Crippen LogP contribution in [0.4, 0.5) is 0 Å². The number of carboxylic acids is 1. The van der Waals surface area contributed by atoms with Crippen molar-refractivity contribution in [1.29, 1.82) is 0 Å². The predicted octanol–water partition coefficient (Wildman–Crippen LogP) is 0.729. The zero-order valence-electron chi connectivity index (χ0n) is 10.2. The number of unbranched alkanes of at least 4 members (excludes halogenated alkanes) is 1. The van der Waals surface area contributed by atoms with Gasteiger partial charge in [0.15, 0.2) is 0 Å². The van der Waals surface area contributed by atoms with Crippen molar-refractivity contribution in [2.45, 2.75) is 52.1 Å². The Kier molecular flexibility index (Phi) is 6.72.